The fourth-order valence-electron chi connectivity index (χ4n) is 3.75. The van der Waals surface area contributed by atoms with Gasteiger partial charge in [-0.2, -0.15) is 0 Å². The summed E-state index contributed by atoms with van der Waals surface area (Å²) in [5, 5.41) is 11.0. The number of piperidine rings is 1. The third kappa shape index (κ3) is 5.56. The third-order valence-electron chi connectivity index (χ3n) is 5.20. The average molecular weight is 396 g/mol. The first-order valence-electron chi connectivity index (χ1n) is 9.83. The number of aliphatic hydroxyl groups is 1. The zero-order chi connectivity index (χ0) is 20.0. The molecule has 1 aromatic rings. The number of amides is 1. The molecule has 1 aromatic carbocycles. The fourth-order valence-corrected chi connectivity index (χ4v) is 3.75. The first kappa shape index (κ1) is 20.8. The van der Waals surface area contributed by atoms with Gasteiger partial charge in [0.05, 0.1) is 19.8 Å². The second kappa shape index (κ2) is 9.54. The molecule has 0 bridgehead atoms. The Bertz CT molecular complexity index is 653. The second-order valence-corrected chi connectivity index (χ2v) is 7.41. The molecule has 8 heteroatoms. The highest BCUT2D eigenvalue weighted by Gasteiger charge is 2.37. The molecule has 1 atom stereocenters. The van der Waals surface area contributed by atoms with E-state index in [1.165, 1.54) is 12.1 Å². The highest BCUT2D eigenvalue weighted by Crippen LogP contribution is 2.23. The minimum absolute atomic E-state index is 0.0224. The summed E-state index contributed by atoms with van der Waals surface area (Å²) < 4.78 is 29.6. The normalized spacial score (nSPS) is 24.6. The number of hydrogen-bond acceptors (Lipinski definition) is 6. The Balaban J connectivity index is 1.55. The zero-order valence-electron chi connectivity index (χ0n) is 16.3. The number of nitrogens with zero attached hydrogens (tertiary/aromatic N) is 2. The highest BCUT2D eigenvalue weighted by molar-refractivity contribution is 5.67. The van der Waals surface area contributed by atoms with E-state index in [1.54, 1.807) is 24.0 Å². The molecule has 2 saturated heterocycles. The zero-order valence-corrected chi connectivity index (χ0v) is 16.3. The Morgan fingerprint density at radius 1 is 1.36 bits per heavy atom. The van der Waals surface area contributed by atoms with E-state index in [4.69, 9.17) is 14.2 Å². The van der Waals surface area contributed by atoms with Crippen LogP contribution in [0.5, 0.6) is 5.75 Å². The molecular weight excluding hydrogens is 367 g/mol. The predicted octanol–water partition coefficient (Wildman–Crippen LogP) is 1.89. The lowest BCUT2D eigenvalue weighted by Crippen LogP contribution is -2.54. The maximum absolute atomic E-state index is 13.3. The van der Waals surface area contributed by atoms with Gasteiger partial charge in [0.25, 0.3) is 0 Å². The van der Waals surface area contributed by atoms with Crippen LogP contribution in [-0.2, 0) is 9.47 Å². The number of halogens is 1. The Kier molecular flexibility index (Phi) is 7.09. The van der Waals surface area contributed by atoms with Crippen molar-refractivity contribution >= 4 is 6.09 Å². The van der Waals surface area contributed by atoms with Gasteiger partial charge in [0, 0.05) is 38.3 Å². The maximum Gasteiger partial charge on any atom is 0.409 e. The van der Waals surface area contributed by atoms with E-state index in [0.29, 0.717) is 45.1 Å². The van der Waals surface area contributed by atoms with Gasteiger partial charge in [0.1, 0.15) is 23.8 Å². The Hall–Kier alpha value is -1.90. The minimum Gasteiger partial charge on any atom is -0.490 e. The molecule has 7 nitrogen and oxygen atoms in total. The fraction of sp³-hybridized carbons (Fsp3) is 0.650. The van der Waals surface area contributed by atoms with Crippen molar-refractivity contribution in [1.29, 1.82) is 0 Å². The molecule has 3 rings (SSSR count). The lowest BCUT2D eigenvalue weighted by Gasteiger charge is -2.39. The van der Waals surface area contributed by atoms with Crippen LogP contribution in [0.3, 0.4) is 0 Å². The average Bonchev–Trinajstić information content (AvgIpc) is 2.89. The topological polar surface area (TPSA) is 71.5 Å². The van der Waals surface area contributed by atoms with E-state index >= 15 is 0 Å². The Labute approximate surface area is 165 Å². The van der Waals surface area contributed by atoms with Gasteiger partial charge in [0.15, 0.2) is 0 Å². The Morgan fingerprint density at radius 3 is 2.86 bits per heavy atom. The summed E-state index contributed by atoms with van der Waals surface area (Å²) >= 11 is 0. The maximum atomic E-state index is 13.3. The van der Waals surface area contributed by atoms with E-state index in [1.807, 2.05) is 0 Å². The lowest BCUT2D eigenvalue weighted by atomic mass is 10.00. The molecular formula is C20H29FN2O5. The summed E-state index contributed by atoms with van der Waals surface area (Å²) in [6.45, 7) is 5.29. The molecule has 2 aliphatic rings. The molecule has 0 spiro atoms. The standard InChI is InChI=1S/C20H29FN2O5/c1-2-27-19(24)22-8-6-17(7-9-22)23-10-11-26-14-20(25,13-23)15-28-18-5-3-4-16(21)12-18/h3-5,12,17,25H,2,6-11,13-15H2,1H3. The van der Waals surface area contributed by atoms with Crippen LogP contribution in [0.2, 0.25) is 0 Å². The molecule has 28 heavy (non-hydrogen) atoms. The molecule has 1 unspecified atom stereocenters. The Morgan fingerprint density at radius 2 is 2.14 bits per heavy atom. The monoisotopic (exact) mass is 396 g/mol. The van der Waals surface area contributed by atoms with Crippen molar-refractivity contribution < 1.29 is 28.5 Å². The molecule has 156 valence electrons. The molecule has 0 radical (unpaired) electrons. The molecule has 0 saturated carbocycles. The molecule has 1 amide bonds. The SMILES string of the molecule is CCOC(=O)N1CCC(N2CCOCC(O)(COc3cccc(F)c3)C2)CC1. The van der Waals surface area contributed by atoms with Crippen molar-refractivity contribution in [3.8, 4) is 5.75 Å². The molecule has 2 aliphatic heterocycles. The number of likely N-dealkylation sites (tertiary alicyclic amines) is 1. The largest absolute Gasteiger partial charge is 0.490 e. The van der Waals surface area contributed by atoms with E-state index < -0.39 is 5.60 Å². The van der Waals surface area contributed by atoms with Gasteiger partial charge in [-0.3, -0.25) is 4.90 Å². The predicted molar refractivity (Wildman–Crippen MR) is 101 cm³/mol. The quantitative estimate of drug-likeness (QED) is 0.820. The number of rotatable bonds is 5. The van der Waals surface area contributed by atoms with Gasteiger partial charge >= 0.3 is 6.09 Å². The molecule has 2 fully saturated rings. The van der Waals surface area contributed by atoms with Crippen molar-refractivity contribution in [3.63, 3.8) is 0 Å². The van der Waals surface area contributed by atoms with Gasteiger partial charge in [0.2, 0.25) is 0 Å². The highest BCUT2D eigenvalue weighted by atomic mass is 19.1. The van der Waals surface area contributed by atoms with Crippen molar-refractivity contribution in [2.24, 2.45) is 0 Å². The van der Waals surface area contributed by atoms with E-state index in [-0.39, 0.29) is 31.2 Å². The number of β-amino-alcohol motifs (C(OH)–C–C–N with tert-alkyl or cyclic N) is 1. The van der Waals surface area contributed by atoms with E-state index in [0.717, 1.165) is 12.8 Å². The molecule has 0 aromatic heterocycles. The van der Waals surface area contributed by atoms with Gasteiger partial charge in [-0.1, -0.05) is 6.07 Å². The number of hydrogen-bond donors (Lipinski definition) is 1. The first-order valence-corrected chi connectivity index (χ1v) is 9.83. The van der Waals surface area contributed by atoms with Gasteiger partial charge in [-0.05, 0) is 31.9 Å². The van der Waals surface area contributed by atoms with Crippen LogP contribution in [0.1, 0.15) is 19.8 Å². The minimum atomic E-state index is -1.18. The summed E-state index contributed by atoms with van der Waals surface area (Å²) in [6, 6.07) is 6.13. The van der Waals surface area contributed by atoms with Crippen molar-refractivity contribution in [2.75, 3.05) is 52.6 Å². The van der Waals surface area contributed by atoms with Crippen LogP contribution in [0.15, 0.2) is 24.3 Å². The third-order valence-corrected chi connectivity index (χ3v) is 5.20. The van der Waals surface area contributed by atoms with Crippen LogP contribution in [0.25, 0.3) is 0 Å². The van der Waals surface area contributed by atoms with Gasteiger partial charge < -0.3 is 24.2 Å². The van der Waals surface area contributed by atoms with Gasteiger partial charge in [-0.15, -0.1) is 0 Å². The van der Waals surface area contributed by atoms with Crippen LogP contribution in [0.4, 0.5) is 9.18 Å². The molecule has 1 N–H and O–H groups in total. The van der Waals surface area contributed by atoms with E-state index in [2.05, 4.69) is 4.90 Å². The smallest absolute Gasteiger partial charge is 0.409 e. The molecule has 0 aliphatic carbocycles. The van der Waals surface area contributed by atoms with Crippen LogP contribution in [0, 0.1) is 5.82 Å². The number of carbonyl (C=O) groups excluding carboxylic acids is 1. The second-order valence-electron chi connectivity index (χ2n) is 7.41. The summed E-state index contributed by atoms with van der Waals surface area (Å²) in [4.78, 5) is 15.8. The van der Waals surface area contributed by atoms with Crippen LogP contribution < -0.4 is 4.74 Å². The van der Waals surface area contributed by atoms with E-state index in [9.17, 15) is 14.3 Å². The van der Waals surface area contributed by atoms with Crippen molar-refractivity contribution in [3.05, 3.63) is 30.1 Å². The van der Waals surface area contributed by atoms with Crippen LogP contribution in [-0.4, -0.2) is 85.2 Å². The van der Waals surface area contributed by atoms with Crippen molar-refractivity contribution in [2.45, 2.75) is 31.4 Å². The summed E-state index contributed by atoms with van der Waals surface area (Å²) in [5.74, 6) is 0.00330. The van der Waals surface area contributed by atoms with Crippen LogP contribution >= 0.6 is 0 Å². The van der Waals surface area contributed by atoms with Crippen molar-refractivity contribution in [1.82, 2.24) is 9.80 Å². The summed E-state index contributed by atoms with van der Waals surface area (Å²) in [7, 11) is 0. The molecule has 2 heterocycles. The summed E-state index contributed by atoms with van der Waals surface area (Å²) in [5.41, 5.74) is -1.18. The number of benzene rings is 1. The number of ether oxygens (including phenoxy) is 3. The number of carbonyl (C=O) groups is 1. The summed E-state index contributed by atoms with van der Waals surface area (Å²) in [6.07, 6.45) is 1.37. The first-order chi connectivity index (χ1) is 13.5. The lowest BCUT2D eigenvalue weighted by molar-refractivity contribution is -0.0689. The van der Waals surface area contributed by atoms with Gasteiger partial charge in [-0.25, -0.2) is 9.18 Å².